The van der Waals surface area contributed by atoms with Gasteiger partial charge in [-0.2, -0.15) is 0 Å². The van der Waals surface area contributed by atoms with E-state index in [2.05, 4.69) is 32.9 Å². The summed E-state index contributed by atoms with van der Waals surface area (Å²) < 4.78 is 1.89. The first-order chi connectivity index (χ1) is 13.0. The molecule has 3 N–H and O–H groups in total. The number of carbonyl (C=O) groups is 2. The van der Waals surface area contributed by atoms with Crippen LogP contribution in [0.3, 0.4) is 0 Å². The molecule has 7 heteroatoms. The Kier molecular flexibility index (Phi) is 4.88. The van der Waals surface area contributed by atoms with Crippen LogP contribution in [-0.4, -0.2) is 28.0 Å². The number of carboxylic acid groups (broad SMARTS) is 1. The van der Waals surface area contributed by atoms with Crippen molar-refractivity contribution in [1.82, 2.24) is 10.3 Å². The molecular weight excluding hydrogens is 475 g/mol. The van der Waals surface area contributed by atoms with E-state index in [1.54, 1.807) is 11.3 Å². The van der Waals surface area contributed by atoms with E-state index in [1.165, 1.54) is 0 Å². The minimum Gasteiger partial charge on any atom is -0.480 e. The molecule has 0 bridgehead atoms. The van der Waals surface area contributed by atoms with Gasteiger partial charge in [0.25, 0.3) is 5.91 Å². The van der Waals surface area contributed by atoms with Gasteiger partial charge in [-0.3, -0.25) is 4.79 Å². The predicted molar refractivity (Wildman–Crippen MR) is 115 cm³/mol. The summed E-state index contributed by atoms with van der Waals surface area (Å²) in [4.78, 5) is 27.6. The number of hydrogen-bond acceptors (Lipinski definition) is 3. The smallest absolute Gasteiger partial charge is 0.326 e. The fourth-order valence-electron chi connectivity index (χ4n) is 3.11. The van der Waals surface area contributed by atoms with E-state index in [0.29, 0.717) is 5.69 Å². The Morgan fingerprint density at radius 2 is 1.81 bits per heavy atom. The van der Waals surface area contributed by atoms with Gasteiger partial charge in [0.05, 0.1) is 3.57 Å². The molecule has 2 aromatic heterocycles. The molecule has 4 aromatic rings. The lowest BCUT2D eigenvalue weighted by Gasteiger charge is -2.14. The van der Waals surface area contributed by atoms with Gasteiger partial charge in [-0.1, -0.05) is 36.4 Å². The summed E-state index contributed by atoms with van der Waals surface area (Å²) in [6.45, 7) is 0. The third-order valence-corrected chi connectivity index (χ3v) is 6.59. The fraction of sp³-hybridized carbons (Fsp3) is 0.100. The second-order valence-corrected chi connectivity index (χ2v) is 8.18. The van der Waals surface area contributed by atoms with Gasteiger partial charge in [0, 0.05) is 22.0 Å². The van der Waals surface area contributed by atoms with Gasteiger partial charge in [0.1, 0.15) is 11.7 Å². The average molecular weight is 490 g/mol. The number of para-hydroxylation sites is 1. The SMILES string of the molecule is O=C(NC(Cc1csc2ccccc12)C(=O)O)c1[nH]c2ccccc2c1I. The van der Waals surface area contributed by atoms with Gasteiger partial charge in [-0.25, -0.2) is 4.79 Å². The number of thiophene rings is 1. The minimum absolute atomic E-state index is 0.238. The first kappa shape index (κ1) is 18.0. The monoisotopic (exact) mass is 490 g/mol. The number of hydrogen-bond donors (Lipinski definition) is 3. The molecule has 0 aliphatic heterocycles. The number of nitrogens with one attached hydrogen (secondary N) is 2. The van der Waals surface area contributed by atoms with Crippen LogP contribution in [0.1, 0.15) is 16.1 Å². The summed E-state index contributed by atoms with van der Waals surface area (Å²) in [6.07, 6.45) is 0.238. The van der Waals surface area contributed by atoms with E-state index >= 15 is 0 Å². The van der Waals surface area contributed by atoms with Crippen molar-refractivity contribution in [2.45, 2.75) is 12.5 Å². The third-order valence-electron chi connectivity index (χ3n) is 4.46. The van der Waals surface area contributed by atoms with E-state index in [0.717, 1.165) is 30.1 Å². The van der Waals surface area contributed by atoms with Crippen LogP contribution in [-0.2, 0) is 11.2 Å². The lowest BCUT2D eigenvalue weighted by molar-refractivity contribution is -0.139. The number of aromatic amines is 1. The number of benzene rings is 2. The molecule has 1 amide bonds. The number of carboxylic acids is 1. The zero-order valence-corrected chi connectivity index (χ0v) is 17.0. The molecule has 0 fully saturated rings. The normalized spacial score (nSPS) is 12.3. The largest absolute Gasteiger partial charge is 0.480 e. The molecule has 0 aliphatic rings. The van der Waals surface area contributed by atoms with Crippen LogP contribution in [0.25, 0.3) is 21.0 Å². The van der Waals surface area contributed by atoms with E-state index in [-0.39, 0.29) is 6.42 Å². The topological polar surface area (TPSA) is 82.2 Å². The predicted octanol–water partition coefficient (Wildman–Crippen LogP) is 4.41. The molecule has 0 radical (unpaired) electrons. The molecule has 0 aliphatic carbocycles. The van der Waals surface area contributed by atoms with Gasteiger partial charge in [-0.05, 0) is 51.1 Å². The number of amides is 1. The Hall–Kier alpha value is -2.39. The summed E-state index contributed by atoms with van der Waals surface area (Å²) in [5.41, 5.74) is 2.16. The molecule has 2 heterocycles. The Morgan fingerprint density at radius 1 is 1.11 bits per heavy atom. The third kappa shape index (κ3) is 3.44. The molecule has 0 spiro atoms. The summed E-state index contributed by atoms with van der Waals surface area (Å²) >= 11 is 3.68. The number of aromatic nitrogens is 1. The number of aliphatic carboxylic acids is 1. The van der Waals surface area contributed by atoms with E-state index in [9.17, 15) is 14.7 Å². The highest BCUT2D eigenvalue weighted by atomic mass is 127. The van der Waals surface area contributed by atoms with Crippen molar-refractivity contribution in [1.29, 1.82) is 0 Å². The van der Waals surface area contributed by atoms with Crippen molar-refractivity contribution in [3.05, 3.63) is 68.7 Å². The molecule has 1 unspecified atom stereocenters. The maximum atomic E-state index is 12.7. The van der Waals surface area contributed by atoms with Crippen LogP contribution in [0, 0.1) is 3.57 Å². The second kappa shape index (κ2) is 7.32. The Balaban J connectivity index is 1.60. The van der Waals surface area contributed by atoms with Gasteiger partial charge in [0.2, 0.25) is 0 Å². The Labute approximate surface area is 172 Å². The molecule has 0 saturated carbocycles. The maximum Gasteiger partial charge on any atom is 0.326 e. The number of H-pyrrole nitrogens is 1. The van der Waals surface area contributed by atoms with Gasteiger partial charge in [-0.15, -0.1) is 11.3 Å². The maximum absolute atomic E-state index is 12.7. The minimum atomic E-state index is -1.05. The number of rotatable bonds is 5. The van der Waals surface area contributed by atoms with Crippen molar-refractivity contribution in [2.24, 2.45) is 0 Å². The van der Waals surface area contributed by atoms with E-state index < -0.39 is 17.9 Å². The first-order valence-electron chi connectivity index (χ1n) is 8.29. The second-order valence-electron chi connectivity index (χ2n) is 6.19. The average Bonchev–Trinajstić information content (AvgIpc) is 3.23. The van der Waals surface area contributed by atoms with Crippen molar-refractivity contribution in [3.8, 4) is 0 Å². The van der Waals surface area contributed by atoms with Crippen molar-refractivity contribution in [3.63, 3.8) is 0 Å². The molecule has 1 atom stereocenters. The van der Waals surface area contributed by atoms with Crippen LogP contribution >= 0.6 is 33.9 Å². The zero-order chi connectivity index (χ0) is 19.0. The van der Waals surface area contributed by atoms with Crippen molar-refractivity contribution < 1.29 is 14.7 Å². The molecule has 4 rings (SSSR count). The lowest BCUT2D eigenvalue weighted by atomic mass is 10.0. The highest BCUT2D eigenvalue weighted by Crippen LogP contribution is 2.27. The highest BCUT2D eigenvalue weighted by Gasteiger charge is 2.25. The highest BCUT2D eigenvalue weighted by molar-refractivity contribution is 14.1. The van der Waals surface area contributed by atoms with Gasteiger partial charge >= 0.3 is 5.97 Å². The molecule has 27 heavy (non-hydrogen) atoms. The Morgan fingerprint density at radius 3 is 2.56 bits per heavy atom. The van der Waals surface area contributed by atoms with Gasteiger partial charge < -0.3 is 15.4 Å². The molecule has 2 aromatic carbocycles. The molecule has 0 saturated heterocycles. The number of carbonyl (C=O) groups excluding carboxylic acids is 1. The van der Waals surface area contributed by atoms with Gasteiger partial charge in [0.15, 0.2) is 0 Å². The number of halogens is 1. The van der Waals surface area contributed by atoms with Crippen molar-refractivity contribution >= 4 is 66.8 Å². The van der Waals surface area contributed by atoms with Crippen LogP contribution < -0.4 is 5.32 Å². The molecular formula is C20H15IN2O3S. The first-order valence-corrected chi connectivity index (χ1v) is 10.3. The summed E-state index contributed by atoms with van der Waals surface area (Å²) in [6, 6.07) is 14.5. The standard InChI is InChI=1S/C20H15IN2O3S/c21-17-13-6-1-3-7-14(13)22-18(17)19(24)23-15(20(25)26)9-11-10-27-16-8-4-2-5-12(11)16/h1-8,10,15,22H,9H2,(H,23,24)(H,25,26). The van der Waals surface area contributed by atoms with Crippen LogP contribution in [0.4, 0.5) is 0 Å². The summed E-state index contributed by atoms with van der Waals surface area (Å²) in [7, 11) is 0. The zero-order valence-electron chi connectivity index (χ0n) is 14.0. The molecule has 136 valence electrons. The van der Waals surface area contributed by atoms with Crippen LogP contribution in [0.5, 0.6) is 0 Å². The summed E-state index contributed by atoms with van der Waals surface area (Å²) in [5.74, 6) is -1.47. The van der Waals surface area contributed by atoms with Crippen LogP contribution in [0.2, 0.25) is 0 Å². The Bertz CT molecular complexity index is 1160. The van der Waals surface area contributed by atoms with E-state index in [4.69, 9.17) is 0 Å². The number of fused-ring (bicyclic) bond motifs is 2. The van der Waals surface area contributed by atoms with Crippen LogP contribution in [0.15, 0.2) is 53.9 Å². The molecule has 5 nitrogen and oxygen atoms in total. The fourth-order valence-corrected chi connectivity index (χ4v) is 4.93. The van der Waals surface area contributed by atoms with E-state index in [1.807, 2.05) is 53.9 Å². The quantitative estimate of drug-likeness (QED) is 0.363. The lowest BCUT2D eigenvalue weighted by Crippen LogP contribution is -2.42. The summed E-state index contributed by atoms with van der Waals surface area (Å²) in [5, 5.41) is 16.2. The van der Waals surface area contributed by atoms with Crippen molar-refractivity contribution in [2.75, 3.05) is 0 Å².